The Morgan fingerprint density at radius 2 is 1.80 bits per heavy atom. The molecule has 0 unspecified atom stereocenters. The third-order valence-electron chi connectivity index (χ3n) is 2.75. The van der Waals surface area contributed by atoms with Crippen molar-refractivity contribution in [2.45, 2.75) is 19.8 Å². The molecule has 1 saturated heterocycles. The van der Waals surface area contributed by atoms with Crippen LogP contribution in [0, 0.1) is 5.92 Å². The fraction of sp³-hybridized carbons (Fsp3) is 0.500. The zero-order chi connectivity index (χ0) is 10.7. The first-order chi connectivity index (χ1) is 7.24. The molecule has 1 aromatic carbocycles. The average Bonchev–Trinajstić information content (AvgIpc) is 2.25. The second kappa shape index (κ2) is 5.13. The van der Waals surface area contributed by atoms with Crippen molar-refractivity contribution in [2.75, 3.05) is 11.5 Å². The summed E-state index contributed by atoms with van der Waals surface area (Å²) in [6.45, 7) is 2.34. The summed E-state index contributed by atoms with van der Waals surface area (Å²) in [6.07, 6.45) is 2.67. The van der Waals surface area contributed by atoms with Gasteiger partial charge in [-0.15, -0.1) is 0 Å². The van der Waals surface area contributed by atoms with Crippen LogP contribution in [-0.4, -0.2) is 11.5 Å². The fourth-order valence-corrected chi connectivity index (χ4v) is 3.94. The zero-order valence-electron chi connectivity index (χ0n) is 8.95. The van der Waals surface area contributed by atoms with Crippen LogP contribution in [0.2, 0.25) is 5.02 Å². The maximum atomic E-state index is 5.83. The summed E-state index contributed by atoms with van der Waals surface area (Å²) >= 11 is 5.83. The lowest BCUT2D eigenvalue weighted by Gasteiger charge is -2.19. The van der Waals surface area contributed by atoms with E-state index < -0.39 is 0 Å². The molecule has 1 heterocycles. The molecule has 0 aromatic heterocycles. The van der Waals surface area contributed by atoms with Gasteiger partial charge in [-0.05, 0) is 43.0 Å². The van der Waals surface area contributed by atoms with Gasteiger partial charge in [0.05, 0.1) is 5.69 Å². The maximum absolute atomic E-state index is 5.83. The molecule has 2 rings (SSSR count). The minimum absolute atomic E-state index is 0.259. The van der Waals surface area contributed by atoms with E-state index in [-0.39, 0.29) is 10.7 Å². The lowest BCUT2D eigenvalue weighted by atomic mass is 10.1. The van der Waals surface area contributed by atoms with Crippen LogP contribution in [-0.2, 0) is 10.7 Å². The van der Waals surface area contributed by atoms with Crippen LogP contribution in [0.25, 0.3) is 0 Å². The van der Waals surface area contributed by atoms with Gasteiger partial charge in [-0.1, -0.05) is 29.2 Å². The Morgan fingerprint density at radius 3 is 2.40 bits per heavy atom. The minimum Gasteiger partial charge on any atom is -0.228 e. The fourth-order valence-electron chi connectivity index (χ4n) is 1.66. The SMILES string of the molecule is CC1CCS(=Nc2ccc(Cl)cc2)CC1. The summed E-state index contributed by atoms with van der Waals surface area (Å²) in [5, 5.41) is 0.787. The van der Waals surface area contributed by atoms with Crippen LogP contribution in [0.15, 0.2) is 28.6 Å². The Morgan fingerprint density at radius 1 is 1.20 bits per heavy atom. The van der Waals surface area contributed by atoms with Crippen LogP contribution >= 0.6 is 11.6 Å². The highest BCUT2D eigenvalue weighted by atomic mass is 35.5. The molecule has 1 aliphatic rings. The van der Waals surface area contributed by atoms with E-state index in [1.54, 1.807) is 0 Å². The highest BCUT2D eigenvalue weighted by Gasteiger charge is 2.11. The molecular formula is C12H16ClNS. The van der Waals surface area contributed by atoms with E-state index in [4.69, 9.17) is 16.0 Å². The summed E-state index contributed by atoms with van der Waals surface area (Å²) in [4.78, 5) is 0. The molecule has 1 aliphatic heterocycles. The second-order valence-corrected chi connectivity index (χ2v) is 6.48. The number of halogens is 1. The first-order valence-electron chi connectivity index (χ1n) is 5.39. The van der Waals surface area contributed by atoms with E-state index in [0.717, 1.165) is 16.6 Å². The third kappa shape index (κ3) is 3.32. The van der Waals surface area contributed by atoms with E-state index in [1.807, 2.05) is 24.3 Å². The second-order valence-electron chi connectivity index (χ2n) is 4.12. The minimum atomic E-state index is 0.259. The smallest absolute Gasteiger partial charge is 0.0704 e. The average molecular weight is 242 g/mol. The predicted octanol–water partition coefficient (Wildman–Crippen LogP) is 4.20. The van der Waals surface area contributed by atoms with Gasteiger partial charge in [-0.3, -0.25) is 0 Å². The van der Waals surface area contributed by atoms with Gasteiger partial charge < -0.3 is 0 Å². The Bertz CT molecular complexity index is 348. The number of benzene rings is 1. The molecule has 1 nitrogen and oxygen atoms in total. The van der Waals surface area contributed by atoms with Gasteiger partial charge in [0, 0.05) is 16.5 Å². The zero-order valence-corrected chi connectivity index (χ0v) is 10.5. The van der Waals surface area contributed by atoms with Crippen molar-refractivity contribution in [2.24, 2.45) is 10.3 Å². The van der Waals surface area contributed by atoms with Gasteiger partial charge in [-0.2, -0.15) is 0 Å². The van der Waals surface area contributed by atoms with Crippen LogP contribution in [0.5, 0.6) is 0 Å². The molecule has 3 heteroatoms. The van der Waals surface area contributed by atoms with Gasteiger partial charge >= 0.3 is 0 Å². The number of rotatable bonds is 1. The van der Waals surface area contributed by atoms with Crippen LogP contribution in [0.4, 0.5) is 5.69 Å². The van der Waals surface area contributed by atoms with Crippen molar-refractivity contribution < 1.29 is 0 Å². The molecule has 1 aromatic rings. The molecule has 0 bridgehead atoms. The Labute approximate surface area is 98.9 Å². The van der Waals surface area contributed by atoms with Crippen LogP contribution in [0.1, 0.15) is 19.8 Å². The van der Waals surface area contributed by atoms with Crippen LogP contribution < -0.4 is 0 Å². The van der Waals surface area contributed by atoms with E-state index in [0.29, 0.717) is 0 Å². The third-order valence-corrected chi connectivity index (χ3v) is 4.89. The van der Waals surface area contributed by atoms with Crippen molar-refractivity contribution in [1.29, 1.82) is 0 Å². The predicted molar refractivity (Wildman–Crippen MR) is 69.0 cm³/mol. The molecule has 1 fully saturated rings. The molecule has 0 amide bonds. The van der Waals surface area contributed by atoms with Crippen molar-refractivity contribution in [3.63, 3.8) is 0 Å². The summed E-state index contributed by atoms with van der Waals surface area (Å²) < 4.78 is 4.76. The van der Waals surface area contributed by atoms with Gasteiger partial charge in [0.2, 0.25) is 0 Å². The summed E-state index contributed by atoms with van der Waals surface area (Å²) in [7, 11) is 0.259. The standard InChI is InChI=1S/C12H16ClNS/c1-10-6-8-15(9-7-10)14-12-4-2-11(13)3-5-12/h2-5,10H,6-9H2,1H3. The lowest BCUT2D eigenvalue weighted by Crippen LogP contribution is -2.15. The summed E-state index contributed by atoms with van der Waals surface area (Å²) in [5.74, 6) is 3.43. The van der Waals surface area contributed by atoms with Crippen molar-refractivity contribution >= 4 is 28.0 Å². The van der Waals surface area contributed by atoms with Crippen molar-refractivity contribution in [1.82, 2.24) is 0 Å². The summed E-state index contributed by atoms with van der Waals surface area (Å²) in [6, 6.07) is 7.84. The Kier molecular flexibility index (Phi) is 3.81. The quantitative estimate of drug-likeness (QED) is 0.699. The topological polar surface area (TPSA) is 12.4 Å². The molecule has 0 radical (unpaired) electrons. The highest BCUT2D eigenvalue weighted by Crippen LogP contribution is 2.22. The largest absolute Gasteiger partial charge is 0.228 e. The Balaban J connectivity index is 2.06. The van der Waals surface area contributed by atoms with E-state index >= 15 is 0 Å². The van der Waals surface area contributed by atoms with E-state index in [2.05, 4.69) is 6.92 Å². The molecule has 0 N–H and O–H groups in total. The number of hydrogen-bond acceptors (Lipinski definition) is 1. The van der Waals surface area contributed by atoms with Crippen molar-refractivity contribution in [3.8, 4) is 0 Å². The van der Waals surface area contributed by atoms with Gasteiger partial charge in [0.15, 0.2) is 0 Å². The molecule has 82 valence electrons. The molecule has 15 heavy (non-hydrogen) atoms. The molecule has 0 spiro atoms. The first kappa shape index (κ1) is 11.2. The van der Waals surface area contributed by atoms with Gasteiger partial charge in [0.1, 0.15) is 0 Å². The van der Waals surface area contributed by atoms with Crippen molar-refractivity contribution in [3.05, 3.63) is 29.3 Å². The van der Waals surface area contributed by atoms with E-state index in [9.17, 15) is 0 Å². The summed E-state index contributed by atoms with van der Waals surface area (Å²) in [5.41, 5.74) is 1.08. The number of hydrogen-bond donors (Lipinski definition) is 0. The normalized spacial score (nSPS) is 26.3. The lowest BCUT2D eigenvalue weighted by molar-refractivity contribution is 0.538. The molecule has 0 atom stereocenters. The van der Waals surface area contributed by atoms with E-state index in [1.165, 1.54) is 24.3 Å². The molecule has 0 saturated carbocycles. The first-order valence-corrected chi connectivity index (χ1v) is 7.29. The highest BCUT2D eigenvalue weighted by molar-refractivity contribution is 7.87. The molecule has 0 aliphatic carbocycles. The van der Waals surface area contributed by atoms with Gasteiger partial charge in [-0.25, -0.2) is 4.36 Å². The monoisotopic (exact) mass is 241 g/mol. The maximum Gasteiger partial charge on any atom is 0.0704 e. The number of nitrogens with zero attached hydrogens (tertiary/aromatic N) is 1. The van der Waals surface area contributed by atoms with Gasteiger partial charge in [0.25, 0.3) is 0 Å². The molecular weight excluding hydrogens is 226 g/mol. The Hall–Kier alpha value is -0.340. The van der Waals surface area contributed by atoms with Crippen LogP contribution in [0.3, 0.4) is 0 Å².